The summed E-state index contributed by atoms with van der Waals surface area (Å²) in [6, 6.07) is 13.2. The van der Waals surface area contributed by atoms with Gasteiger partial charge in [-0.25, -0.2) is 0 Å². The average Bonchev–Trinajstić information content (AvgIpc) is 3.07. The molecule has 4 heteroatoms. The molecule has 1 aromatic heterocycles. The Kier molecular flexibility index (Phi) is 4.14. The second-order valence-electron chi connectivity index (χ2n) is 5.52. The first-order valence-corrected chi connectivity index (χ1v) is 7.21. The SMILES string of the molecule is Cc1cc(CNC2CCN(Cc3ccccc3)C2)on1. The minimum absolute atomic E-state index is 0.545. The van der Waals surface area contributed by atoms with Crippen LogP contribution >= 0.6 is 0 Å². The number of hydrogen-bond donors (Lipinski definition) is 1. The number of nitrogens with one attached hydrogen (secondary N) is 1. The third kappa shape index (κ3) is 3.46. The van der Waals surface area contributed by atoms with Crippen molar-refractivity contribution in [1.82, 2.24) is 15.4 Å². The molecule has 0 spiro atoms. The summed E-state index contributed by atoms with van der Waals surface area (Å²) in [7, 11) is 0. The van der Waals surface area contributed by atoms with Crippen LogP contribution in [0.2, 0.25) is 0 Å². The molecule has 1 N–H and O–H groups in total. The molecule has 4 nitrogen and oxygen atoms in total. The van der Waals surface area contributed by atoms with Crippen molar-refractivity contribution >= 4 is 0 Å². The summed E-state index contributed by atoms with van der Waals surface area (Å²) in [5.41, 5.74) is 2.33. The summed E-state index contributed by atoms with van der Waals surface area (Å²) in [6.45, 7) is 6.01. The average molecular weight is 271 g/mol. The summed E-state index contributed by atoms with van der Waals surface area (Å²) >= 11 is 0. The van der Waals surface area contributed by atoms with Crippen molar-refractivity contribution in [2.75, 3.05) is 13.1 Å². The van der Waals surface area contributed by atoms with Crippen molar-refractivity contribution < 1.29 is 4.52 Å². The lowest BCUT2D eigenvalue weighted by Gasteiger charge is -2.16. The molecule has 0 amide bonds. The van der Waals surface area contributed by atoms with E-state index in [1.54, 1.807) is 0 Å². The van der Waals surface area contributed by atoms with E-state index in [0.717, 1.165) is 37.6 Å². The van der Waals surface area contributed by atoms with Crippen LogP contribution in [0, 0.1) is 6.92 Å². The third-order valence-corrected chi connectivity index (χ3v) is 3.76. The Morgan fingerprint density at radius 2 is 2.20 bits per heavy atom. The molecule has 1 aromatic carbocycles. The standard InChI is InChI=1S/C16H21N3O/c1-13-9-16(20-18-13)10-17-15-7-8-19(12-15)11-14-5-3-2-4-6-14/h2-6,9,15,17H,7-8,10-12H2,1H3. The molecule has 1 atom stereocenters. The summed E-state index contributed by atoms with van der Waals surface area (Å²) in [6.07, 6.45) is 1.19. The van der Waals surface area contributed by atoms with Crippen molar-refractivity contribution in [2.45, 2.75) is 32.5 Å². The van der Waals surface area contributed by atoms with Crippen LogP contribution in [0.15, 0.2) is 40.9 Å². The summed E-state index contributed by atoms with van der Waals surface area (Å²) in [5, 5.41) is 7.46. The number of aryl methyl sites for hydroxylation is 1. The van der Waals surface area contributed by atoms with Crippen LogP contribution in [-0.4, -0.2) is 29.2 Å². The second kappa shape index (κ2) is 6.20. The largest absolute Gasteiger partial charge is 0.360 e. The molecule has 0 radical (unpaired) electrons. The highest BCUT2D eigenvalue weighted by Crippen LogP contribution is 2.14. The van der Waals surface area contributed by atoms with Gasteiger partial charge in [0, 0.05) is 31.7 Å². The lowest BCUT2D eigenvalue weighted by molar-refractivity contribution is 0.314. The van der Waals surface area contributed by atoms with E-state index in [-0.39, 0.29) is 0 Å². The summed E-state index contributed by atoms with van der Waals surface area (Å²) < 4.78 is 5.22. The first kappa shape index (κ1) is 13.3. The van der Waals surface area contributed by atoms with Crippen molar-refractivity contribution in [2.24, 2.45) is 0 Å². The van der Waals surface area contributed by atoms with Gasteiger partial charge in [-0.1, -0.05) is 35.5 Å². The van der Waals surface area contributed by atoms with E-state index in [1.807, 2.05) is 13.0 Å². The van der Waals surface area contributed by atoms with Gasteiger partial charge in [-0.05, 0) is 18.9 Å². The van der Waals surface area contributed by atoms with E-state index in [2.05, 4.69) is 45.7 Å². The van der Waals surface area contributed by atoms with E-state index in [1.165, 1.54) is 12.0 Å². The topological polar surface area (TPSA) is 41.3 Å². The van der Waals surface area contributed by atoms with E-state index in [9.17, 15) is 0 Å². The smallest absolute Gasteiger partial charge is 0.150 e. The normalized spacial score (nSPS) is 19.6. The maximum absolute atomic E-state index is 5.22. The van der Waals surface area contributed by atoms with Crippen molar-refractivity contribution in [3.63, 3.8) is 0 Å². The highest BCUT2D eigenvalue weighted by atomic mass is 16.5. The Labute approximate surface area is 119 Å². The molecule has 0 saturated carbocycles. The molecule has 2 heterocycles. The molecule has 1 aliphatic heterocycles. The zero-order valence-electron chi connectivity index (χ0n) is 11.9. The van der Waals surface area contributed by atoms with Gasteiger partial charge in [-0.15, -0.1) is 0 Å². The fraction of sp³-hybridized carbons (Fsp3) is 0.438. The number of hydrogen-bond acceptors (Lipinski definition) is 4. The minimum atomic E-state index is 0.545. The molecule has 1 aliphatic rings. The van der Waals surface area contributed by atoms with Crippen molar-refractivity contribution in [3.05, 3.63) is 53.4 Å². The summed E-state index contributed by atoms with van der Waals surface area (Å²) in [5.74, 6) is 0.920. The summed E-state index contributed by atoms with van der Waals surface area (Å²) in [4.78, 5) is 2.50. The lowest BCUT2D eigenvalue weighted by atomic mass is 10.2. The third-order valence-electron chi connectivity index (χ3n) is 3.76. The van der Waals surface area contributed by atoms with Crippen LogP contribution in [0.3, 0.4) is 0 Å². The van der Waals surface area contributed by atoms with Crippen LogP contribution < -0.4 is 5.32 Å². The Balaban J connectivity index is 1.45. The van der Waals surface area contributed by atoms with E-state index in [4.69, 9.17) is 4.52 Å². The second-order valence-corrected chi connectivity index (χ2v) is 5.52. The number of aromatic nitrogens is 1. The molecule has 0 bridgehead atoms. The molecular formula is C16H21N3O. The van der Waals surface area contributed by atoms with Gasteiger partial charge < -0.3 is 9.84 Å². The molecule has 2 aromatic rings. The van der Waals surface area contributed by atoms with Gasteiger partial charge in [0.25, 0.3) is 0 Å². The van der Waals surface area contributed by atoms with Gasteiger partial charge in [-0.3, -0.25) is 4.90 Å². The number of rotatable bonds is 5. The maximum atomic E-state index is 5.22. The van der Waals surface area contributed by atoms with Gasteiger partial charge in [0.05, 0.1) is 12.2 Å². The zero-order valence-corrected chi connectivity index (χ0v) is 11.9. The monoisotopic (exact) mass is 271 g/mol. The molecule has 1 unspecified atom stereocenters. The Bertz CT molecular complexity index is 538. The molecule has 106 valence electrons. The van der Waals surface area contributed by atoms with Gasteiger partial charge in [-0.2, -0.15) is 0 Å². The lowest BCUT2D eigenvalue weighted by Crippen LogP contribution is -2.31. The first-order valence-electron chi connectivity index (χ1n) is 7.21. The van der Waals surface area contributed by atoms with Crippen molar-refractivity contribution in [1.29, 1.82) is 0 Å². The van der Waals surface area contributed by atoms with E-state index < -0.39 is 0 Å². The molecular weight excluding hydrogens is 250 g/mol. The molecule has 20 heavy (non-hydrogen) atoms. The Morgan fingerprint density at radius 3 is 2.95 bits per heavy atom. The highest BCUT2D eigenvalue weighted by molar-refractivity contribution is 5.14. The first-order chi connectivity index (χ1) is 9.79. The number of likely N-dealkylation sites (tertiary alicyclic amines) is 1. The Morgan fingerprint density at radius 1 is 1.35 bits per heavy atom. The van der Waals surface area contributed by atoms with Crippen molar-refractivity contribution in [3.8, 4) is 0 Å². The molecule has 0 aliphatic carbocycles. The Hall–Kier alpha value is -1.65. The fourth-order valence-electron chi connectivity index (χ4n) is 2.73. The van der Waals surface area contributed by atoms with Gasteiger partial charge in [0.1, 0.15) is 0 Å². The molecule has 3 rings (SSSR count). The maximum Gasteiger partial charge on any atom is 0.150 e. The molecule has 1 saturated heterocycles. The van der Waals surface area contributed by atoms with Crippen LogP contribution in [0.25, 0.3) is 0 Å². The van der Waals surface area contributed by atoms with E-state index >= 15 is 0 Å². The predicted molar refractivity (Wildman–Crippen MR) is 78.2 cm³/mol. The molecule has 1 fully saturated rings. The van der Waals surface area contributed by atoms with Crippen LogP contribution in [0.4, 0.5) is 0 Å². The fourth-order valence-corrected chi connectivity index (χ4v) is 2.73. The van der Waals surface area contributed by atoms with Crippen LogP contribution in [0.1, 0.15) is 23.4 Å². The zero-order chi connectivity index (χ0) is 13.8. The van der Waals surface area contributed by atoms with E-state index in [0.29, 0.717) is 6.04 Å². The predicted octanol–water partition coefficient (Wildman–Crippen LogP) is 2.35. The van der Waals surface area contributed by atoms with Gasteiger partial charge >= 0.3 is 0 Å². The van der Waals surface area contributed by atoms with Crippen LogP contribution in [0.5, 0.6) is 0 Å². The number of nitrogens with zero attached hydrogens (tertiary/aromatic N) is 2. The van der Waals surface area contributed by atoms with Gasteiger partial charge in [0.15, 0.2) is 5.76 Å². The van der Waals surface area contributed by atoms with Gasteiger partial charge in [0.2, 0.25) is 0 Å². The quantitative estimate of drug-likeness (QED) is 0.906. The number of benzene rings is 1. The highest BCUT2D eigenvalue weighted by Gasteiger charge is 2.22. The van der Waals surface area contributed by atoms with Crippen LogP contribution in [-0.2, 0) is 13.1 Å². The minimum Gasteiger partial charge on any atom is -0.360 e.